The lowest BCUT2D eigenvalue weighted by molar-refractivity contribution is 0.922. The number of nitrogens with two attached hydrogens (primary N) is 1. The van der Waals surface area contributed by atoms with Crippen LogP contribution in [0.2, 0.25) is 0 Å². The van der Waals surface area contributed by atoms with E-state index in [1.54, 1.807) is 0 Å². The summed E-state index contributed by atoms with van der Waals surface area (Å²) in [5.41, 5.74) is 7.42. The highest BCUT2D eigenvalue weighted by Gasteiger charge is 1.93. The first-order valence-electron chi connectivity index (χ1n) is 4.70. The predicted molar refractivity (Wildman–Crippen MR) is 69.8 cm³/mol. The Morgan fingerprint density at radius 1 is 1.53 bits per heavy atom. The van der Waals surface area contributed by atoms with Gasteiger partial charge in [-0.2, -0.15) is 0 Å². The maximum Gasteiger partial charge on any atom is 0.168 e. The van der Waals surface area contributed by atoms with Crippen molar-refractivity contribution in [1.29, 1.82) is 0 Å². The van der Waals surface area contributed by atoms with E-state index in [1.807, 2.05) is 37.4 Å². The van der Waals surface area contributed by atoms with Crippen molar-refractivity contribution in [2.24, 2.45) is 5.73 Å². The summed E-state index contributed by atoms with van der Waals surface area (Å²) in [6, 6.07) is 7.90. The largest absolute Gasteiger partial charge is 0.376 e. The molecule has 0 aliphatic carbocycles. The first-order valence-corrected chi connectivity index (χ1v) is 5.11. The minimum Gasteiger partial charge on any atom is -0.376 e. The van der Waals surface area contributed by atoms with Crippen molar-refractivity contribution >= 4 is 29.1 Å². The van der Waals surface area contributed by atoms with Gasteiger partial charge in [0.05, 0.1) is 0 Å². The molecule has 0 amide bonds. The van der Waals surface area contributed by atoms with Gasteiger partial charge in [-0.05, 0) is 37.0 Å². The normalized spacial score (nSPS) is 10.5. The van der Waals surface area contributed by atoms with E-state index < -0.39 is 0 Å². The molecule has 0 spiro atoms. The summed E-state index contributed by atoms with van der Waals surface area (Å²) in [7, 11) is 1.91. The summed E-state index contributed by atoms with van der Waals surface area (Å²) < 4.78 is 0. The number of nitrogens with one attached hydrogen (secondary N) is 2. The number of likely N-dealkylation sites (N-methyl/N-ethyl adjacent to an activating group) is 1. The van der Waals surface area contributed by atoms with Crippen LogP contribution in [0.15, 0.2) is 30.3 Å². The molecule has 4 N–H and O–H groups in total. The second-order valence-corrected chi connectivity index (χ2v) is 3.51. The summed E-state index contributed by atoms with van der Waals surface area (Å²) in [5.74, 6) is 0. The van der Waals surface area contributed by atoms with E-state index in [0.717, 1.165) is 17.8 Å². The number of hydrogen-bond acceptors (Lipinski definition) is 2. The third-order valence-corrected chi connectivity index (χ3v) is 1.89. The standard InChI is InChI=1S/C11H15N3S/c1-13-7-3-5-9-4-2-6-10(8-9)14-11(12)15/h2-6,8,13H,7H2,1H3,(H3,12,14,15). The fraction of sp³-hybridized carbons (Fsp3) is 0.182. The number of hydrogen-bond donors (Lipinski definition) is 3. The Labute approximate surface area is 95.4 Å². The van der Waals surface area contributed by atoms with Crippen LogP contribution in [-0.4, -0.2) is 18.7 Å². The summed E-state index contributed by atoms with van der Waals surface area (Å²) in [4.78, 5) is 0. The Hall–Kier alpha value is -1.39. The third-order valence-electron chi connectivity index (χ3n) is 1.79. The van der Waals surface area contributed by atoms with Crippen molar-refractivity contribution in [2.75, 3.05) is 18.9 Å². The first-order chi connectivity index (χ1) is 7.22. The highest BCUT2D eigenvalue weighted by molar-refractivity contribution is 7.80. The maximum absolute atomic E-state index is 5.39. The molecule has 15 heavy (non-hydrogen) atoms. The summed E-state index contributed by atoms with van der Waals surface area (Å²) >= 11 is 4.77. The molecular formula is C11H15N3S. The van der Waals surface area contributed by atoms with E-state index in [-0.39, 0.29) is 5.11 Å². The number of thiocarbonyl (C=S) groups is 1. The fourth-order valence-electron chi connectivity index (χ4n) is 1.18. The molecule has 0 unspecified atom stereocenters. The van der Waals surface area contributed by atoms with E-state index in [9.17, 15) is 0 Å². The SMILES string of the molecule is CNCC=Cc1cccc(NC(N)=S)c1. The van der Waals surface area contributed by atoms with Crippen molar-refractivity contribution in [3.05, 3.63) is 35.9 Å². The van der Waals surface area contributed by atoms with Gasteiger partial charge in [0, 0.05) is 12.2 Å². The van der Waals surface area contributed by atoms with Crippen LogP contribution >= 0.6 is 12.2 Å². The Morgan fingerprint density at radius 2 is 2.33 bits per heavy atom. The molecule has 4 heteroatoms. The van der Waals surface area contributed by atoms with Crippen molar-refractivity contribution in [1.82, 2.24) is 5.32 Å². The molecule has 0 saturated carbocycles. The molecule has 0 aliphatic rings. The molecule has 0 aromatic heterocycles. The van der Waals surface area contributed by atoms with Crippen molar-refractivity contribution in [2.45, 2.75) is 0 Å². The smallest absolute Gasteiger partial charge is 0.168 e. The van der Waals surface area contributed by atoms with Gasteiger partial charge < -0.3 is 16.4 Å². The second-order valence-electron chi connectivity index (χ2n) is 3.07. The van der Waals surface area contributed by atoms with Gasteiger partial charge in [-0.3, -0.25) is 0 Å². The van der Waals surface area contributed by atoms with Crippen LogP contribution in [0.1, 0.15) is 5.56 Å². The Kier molecular flexibility index (Phi) is 4.80. The van der Waals surface area contributed by atoms with Crippen LogP contribution in [0.25, 0.3) is 6.08 Å². The van der Waals surface area contributed by atoms with Crippen molar-refractivity contribution in [3.63, 3.8) is 0 Å². The fourth-order valence-corrected chi connectivity index (χ4v) is 1.29. The molecule has 80 valence electrons. The van der Waals surface area contributed by atoms with Crippen LogP contribution in [-0.2, 0) is 0 Å². The average Bonchev–Trinajstić information content (AvgIpc) is 2.18. The summed E-state index contributed by atoms with van der Waals surface area (Å²) in [5, 5.41) is 6.22. The van der Waals surface area contributed by atoms with E-state index in [4.69, 9.17) is 18.0 Å². The van der Waals surface area contributed by atoms with Crippen molar-refractivity contribution in [3.8, 4) is 0 Å². The van der Waals surface area contributed by atoms with Gasteiger partial charge in [0.25, 0.3) is 0 Å². The number of anilines is 1. The molecule has 0 radical (unpaired) electrons. The minimum atomic E-state index is 0.284. The Morgan fingerprint density at radius 3 is 3.00 bits per heavy atom. The lowest BCUT2D eigenvalue weighted by Crippen LogP contribution is -2.18. The van der Waals surface area contributed by atoms with E-state index in [0.29, 0.717) is 0 Å². The highest BCUT2D eigenvalue weighted by atomic mass is 32.1. The van der Waals surface area contributed by atoms with Crippen LogP contribution in [0.4, 0.5) is 5.69 Å². The van der Waals surface area contributed by atoms with E-state index >= 15 is 0 Å². The zero-order valence-corrected chi connectivity index (χ0v) is 9.47. The average molecular weight is 221 g/mol. The molecule has 3 nitrogen and oxygen atoms in total. The van der Waals surface area contributed by atoms with Gasteiger partial charge in [0.2, 0.25) is 0 Å². The molecule has 0 aliphatic heterocycles. The Bertz CT molecular complexity index is 361. The van der Waals surface area contributed by atoms with Crippen LogP contribution in [0, 0.1) is 0 Å². The maximum atomic E-state index is 5.39. The van der Waals surface area contributed by atoms with E-state index in [1.165, 1.54) is 0 Å². The van der Waals surface area contributed by atoms with Gasteiger partial charge in [-0.25, -0.2) is 0 Å². The molecule has 0 saturated heterocycles. The number of rotatable bonds is 4. The third kappa shape index (κ3) is 4.58. The Balaban J connectivity index is 2.69. The lowest BCUT2D eigenvalue weighted by Gasteiger charge is -2.03. The molecule has 0 atom stereocenters. The zero-order valence-electron chi connectivity index (χ0n) is 8.66. The minimum absolute atomic E-state index is 0.284. The molecule has 1 aromatic rings. The van der Waals surface area contributed by atoms with E-state index in [2.05, 4.69) is 16.7 Å². The molecule has 0 bridgehead atoms. The van der Waals surface area contributed by atoms with Gasteiger partial charge in [0.1, 0.15) is 0 Å². The van der Waals surface area contributed by atoms with Gasteiger partial charge >= 0.3 is 0 Å². The molecule has 1 aromatic carbocycles. The summed E-state index contributed by atoms with van der Waals surface area (Å²) in [6.45, 7) is 0.854. The molecule has 0 heterocycles. The topological polar surface area (TPSA) is 50.1 Å². The first kappa shape index (κ1) is 11.7. The van der Waals surface area contributed by atoms with Gasteiger partial charge in [-0.15, -0.1) is 0 Å². The van der Waals surface area contributed by atoms with Gasteiger partial charge in [-0.1, -0.05) is 24.3 Å². The zero-order chi connectivity index (χ0) is 11.1. The van der Waals surface area contributed by atoms with Crippen LogP contribution in [0.5, 0.6) is 0 Å². The van der Waals surface area contributed by atoms with Gasteiger partial charge in [0.15, 0.2) is 5.11 Å². The van der Waals surface area contributed by atoms with Crippen molar-refractivity contribution < 1.29 is 0 Å². The predicted octanol–water partition coefficient (Wildman–Crippen LogP) is 1.57. The summed E-state index contributed by atoms with van der Waals surface area (Å²) in [6.07, 6.45) is 4.10. The molecule has 0 fully saturated rings. The number of benzene rings is 1. The lowest BCUT2D eigenvalue weighted by atomic mass is 10.2. The van der Waals surface area contributed by atoms with Crippen LogP contribution in [0.3, 0.4) is 0 Å². The second kappa shape index (κ2) is 6.16. The monoisotopic (exact) mass is 221 g/mol. The van der Waals surface area contributed by atoms with Crippen LogP contribution < -0.4 is 16.4 Å². The molecule has 1 rings (SSSR count). The quantitative estimate of drug-likeness (QED) is 0.676. The molecular weight excluding hydrogens is 206 g/mol. The highest BCUT2D eigenvalue weighted by Crippen LogP contribution is 2.11.